The van der Waals surface area contributed by atoms with Gasteiger partial charge < -0.3 is 14.5 Å². The van der Waals surface area contributed by atoms with E-state index in [2.05, 4.69) is 23.2 Å². The van der Waals surface area contributed by atoms with Crippen molar-refractivity contribution in [2.75, 3.05) is 14.2 Å². The monoisotopic (exact) mass is 267 g/mol. The molecule has 0 fully saturated rings. The van der Waals surface area contributed by atoms with E-state index in [0.717, 1.165) is 22.4 Å². The van der Waals surface area contributed by atoms with Gasteiger partial charge in [0.2, 0.25) is 0 Å². The van der Waals surface area contributed by atoms with Gasteiger partial charge >= 0.3 is 0 Å². The molecular formula is C17H17NO2. The maximum absolute atomic E-state index is 5.71. The Morgan fingerprint density at radius 1 is 1.00 bits per heavy atom. The van der Waals surface area contributed by atoms with E-state index in [9.17, 15) is 0 Å². The maximum atomic E-state index is 5.71. The van der Waals surface area contributed by atoms with Crippen molar-refractivity contribution < 1.29 is 9.47 Å². The van der Waals surface area contributed by atoms with Crippen LogP contribution in [0.4, 0.5) is 0 Å². The predicted octanol–water partition coefficient (Wildman–Crippen LogP) is 3.91. The van der Waals surface area contributed by atoms with Gasteiger partial charge in [-0.15, -0.1) is 0 Å². The molecule has 0 saturated carbocycles. The number of ether oxygens (including phenoxy) is 2. The summed E-state index contributed by atoms with van der Waals surface area (Å²) in [5.41, 5.74) is 3.33. The second kappa shape index (κ2) is 5.39. The summed E-state index contributed by atoms with van der Waals surface area (Å²) in [5, 5.41) is 1.18. The summed E-state index contributed by atoms with van der Waals surface area (Å²) in [6.45, 7) is 0. The number of rotatable bonds is 4. The average Bonchev–Trinajstić information content (AvgIpc) is 2.93. The van der Waals surface area contributed by atoms with E-state index in [-0.39, 0.29) is 6.10 Å². The zero-order valence-electron chi connectivity index (χ0n) is 11.6. The molecule has 1 atom stereocenters. The molecule has 0 radical (unpaired) electrons. The first kappa shape index (κ1) is 12.8. The number of methoxy groups -OCH3 is 2. The standard InChI is InChI=1S/C17H17NO2/c1-19-13-7-5-6-12(10-13)17(20-2)15-11-18-16-9-4-3-8-14(15)16/h3-11,17-18H,1-2H3. The Hall–Kier alpha value is -2.26. The zero-order valence-corrected chi connectivity index (χ0v) is 11.6. The van der Waals surface area contributed by atoms with Crippen molar-refractivity contribution in [1.29, 1.82) is 0 Å². The fourth-order valence-electron chi connectivity index (χ4n) is 2.56. The van der Waals surface area contributed by atoms with Crippen molar-refractivity contribution in [3.8, 4) is 5.75 Å². The lowest BCUT2D eigenvalue weighted by atomic mass is 10.0. The highest BCUT2D eigenvalue weighted by Crippen LogP contribution is 2.32. The molecule has 0 bridgehead atoms. The largest absolute Gasteiger partial charge is 0.497 e. The molecule has 102 valence electrons. The Labute approximate surface area is 118 Å². The third-order valence-corrected chi connectivity index (χ3v) is 3.54. The van der Waals surface area contributed by atoms with E-state index in [1.165, 1.54) is 5.39 Å². The number of H-pyrrole nitrogens is 1. The lowest BCUT2D eigenvalue weighted by molar-refractivity contribution is 0.137. The summed E-state index contributed by atoms with van der Waals surface area (Å²) in [6.07, 6.45) is 1.90. The van der Waals surface area contributed by atoms with Crippen LogP contribution in [0.25, 0.3) is 10.9 Å². The Morgan fingerprint density at radius 3 is 2.65 bits per heavy atom. The number of aromatic amines is 1. The van der Waals surface area contributed by atoms with Crippen LogP contribution in [0.5, 0.6) is 5.75 Å². The van der Waals surface area contributed by atoms with Crippen molar-refractivity contribution in [2.45, 2.75) is 6.10 Å². The van der Waals surface area contributed by atoms with Crippen molar-refractivity contribution in [3.05, 3.63) is 65.9 Å². The molecule has 3 heteroatoms. The molecule has 0 aliphatic rings. The van der Waals surface area contributed by atoms with Crippen molar-refractivity contribution in [1.82, 2.24) is 4.98 Å². The fourth-order valence-corrected chi connectivity index (χ4v) is 2.56. The summed E-state index contributed by atoms with van der Waals surface area (Å²) < 4.78 is 11.0. The molecule has 2 aromatic carbocycles. The van der Waals surface area contributed by atoms with Gasteiger partial charge in [0.25, 0.3) is 0 Å². The molecule has 1 unspecified atom stereocenters. The van der Waals surface area contributed by atoms with Crippen LogP contribution in [0.15, 0.2) is 54.7 Å². The topological polar surface area (TPSA) is 34.2 Å². The first-order valence-electron chi connectivity index (χ1n) is 6.56. The molecule has 1 heterocycles. The van der Waals surface area contributed by atoms with Gasteiger partial charge in [0.15, 0.2) is 0 Å². The molecular weight excluding hydrogens is 250 g/mol. The van der Waals surface area contributed by atoms with Crippen molar-refractivity contribution in [2.24, 2.45) is 0 Å². The van der Waals surface area contributed by atoms with Gasteiger partial charge in [-0.1, -0.05) is 30.3 Å². The van der Waals surface area contributed by atoms with Crippen LogP contribution in [0.3, 0.4) is 0 Å². The van der Waals surface area contributed by atoms with E-state index in [4.69, 9.17) is 9.47 Å². The summed E-state index contributed by atoms with van der Waals surface area (Å²) >= 11 is 0. The molecule has 0 spiro atoms. The predicted molar refractivity (Wildman–Crippen MR) is 80.1 cm³/mol. The second-order valence-corrected chi connectivity index (χ2v) is 4.68. The number of hydrogen-bond donors (Lipinski definition) is 1. The number of benzene rings is 2. The first-order valence-corrected chi connectivity index (χ1v) is 6.56. The average molecular weight is 267 g/mol. The molecule has 3 rings (SSSR count). The van der Waals surface area contributed by atoms with Gasteiger partial charge in [0.05, 0.1) is 7.11 Å². The summed E-state index contributed by atoms with van der Waals surface area (Å²) in [5.74, 6) is 0.837. The third kappa shape index (κ3) is 2.17. The Balaban J connectivity index is 2.09. The van der Waals surface area contributed by atoms with E-state index in [1.807, 2.05) is 36.5 Å². The number of aromatic nitrogens is 1. The highest BCUT2D eigenvalue weighted by Gasteiger charge is 2.17. The lowest BCUT2D eigenvalue weighted by Crippen LogP contribution is -2.03. The van der Waals surface area contributed by atoms with Crippen LogP contribution in [0.2, 0.25) is 0 Å². The fraction of sp³-hybridized carbons (Fsp3) is 0.176. The molecule has 3 nitrogen and oxygen atoms in total. The van der Waals surface area contributed by atoms with E-state index in [1.54, 1.807) is 14.2 Å². The van der Waals surface area contributed by atoms with E-state index in [0.29, 0.717) is 0 Å². The smallest absolute Gasteiger partial charge is 0.119 e. The number of hydrogen-bond acceptors (Lipinski definition) is 2. The quantitative estimate of drug-likeness (QED) is 0.777. The highest BCUT2D eigenvalue weighted by atomic mass is 16.5. The molecule has 0 aliphatic heterocycles. The summed E-state index contributed by atoms with van der Waals surface area (Å²) in [6, 6.07) is 16.2. The number of nitrogens with one attached hydrogen (secondary N) is 1. The van der Waals surface area contributed by atoms with Crippen LogP contribution in [-0.4, -0.2) is 19.2 Å². The van der Waals surface area contributed by atoms with Crippen LogP contribution >= 0.6 is 0 Å². The maximum Gasteiger partial charge on any atom is 0.119 e. The van der Waals surface area contributed by atoms with Gasteiger partial charge in [-0.05, 0) is 23.8 Å². The van der Waals surface area contributed by atoms with Gasteiger partial charge in [-0.2, -0.15) is 0 Å². The minimum absolute atomic E-state index is 0.110. The normalized spacial score (nSPS) is 12.5. The first-order chi connectivity index (χ1) is 9.83. The SMILES string of the molecule is COc1cccc(C(OC)c2c[nH]c3ccccc23)c1. The number of para-hydroxylation sites is 1. The van der Waals surface area contributed by atoms with Crippen molar-refractivity contribution in [3.63, 3.8) is 0 Å². The Bertz CT molecular complexity index is 718. The summed E-state index contributed by atoms with van der Waals surface area (Å²) in [4.78, 5) is 3.29. The molecule has 1 N–H and O–H groups in total. The molecule has 0 amide bonds. The van der Waals surface area contributed by atoms with Crippen LogP contribution in [0.1, 0.15) is 17.2 Å². The highest BCUT2D eigenvalue weighted by molar-refractivity contribution is 5.83. The van der Waals surface area contributed by atoms with Crippen LogP contribution < -0.4 is 4.74 Å². The van der Waals surface area contributed by atoms with Crippen LogP contribution in [-0.2, 0) is 4.74 Å². The molecule has 1 aromatic heterocycles. The zero-order chi connectivity index (χ0) is 13.9. The lowest BCUT2D eigenvalue weighted by Gasteiger charge is -2.16. The second-order valence-electron chi connectivity index (χ2n) is 4.68. The number of fused-ring (bicyclic) bond motifs is 1. The minimum Gasteiger partial charge on any atom is -0.497 e. The molecule has 0 saturated heterocycles. The van der Waals surface area contributed by atoms with Gasteiger partial charge in [-0.3, -0.25) is 0 Å². The third-order valence-electron chi connectivity index (χ3n) is 3.54. The Morgan fingerprint density at radius 2 is 1.85 bits per heavy atom. The molecule has 20 heavy (non-hydrogen) atoms. The van der Waals surface area contributed by atoms with Crippen molar-refractivity contribution >= 4 is 10.9 Å². The Kier molecular flexibility index (Phi) is 3.44. The minimum atomic E-state index is -0.110. The van der Waals surface area contributed by atoms with Crippen LogP contribution in [0, 0.1) is 0 Å². The van der Waals surface area contributed by atoms with E-state index >= 15 is 0 Å². The van der Waals surface area contributed by atoms with Gasteiger partial charge in [0, 0.05) is 29.8 Å². The van der Waals surface area contributed by atoms with Gasteiger partial charge in [-0.25, -0.2) is 0 Å². The molecule has 3 aromatic rings. The van der Waals surface area contributed by atoms with Gasteiger partial charge in [0.1, 0.15) is 11.9 Å². The summed E-state index contributed by atoms with van der Waals surface area (Å²) in [7, 11) is 3.40. The molecule has 0 aliphatic carbocycles. The van der Waals surface area contributed by atoms with E-state index < -0.39 is 0 Å².